The van der Waals surface area contributed by atoms with Gasteiger partial charge in [0.1, 0.15) is 17.4 Å². The molecule has 0 unspecified atom stereocenters. The van der Waals surface area contributed by atoms with E-state index in [0.29, 0.717) is 11.8 Å². The largest absolute Gasteiger partial charge is 0.497 e. The van der Waals surface area contributed by atoms with Gasteiger partial charge in [0.2, 0.25) is 5.95 Å². The molecule has 0 aliphatic rings. The zero-order valence-electron chi connectivity index (χ0n) is 15.6. The van der Waals surface area contributed by atoms with Gasteiger partial charge >= 0.3 is 0 Å². The number of hydrogen-bond acceptors (Lipinski definition) is 6. The second-order valence-corrected chi connectivity index (χ2v) is 6.16. The van der Waals surface area contributed by atoms with E-state index in [1.54, 1.807) is 13.3 Å². The molecule has 0 spiro atoms. The van der Waals surface area contributed by atoms with Crippen molar-refractivity contribution in [3.63, 3.8) is 0 Å². The number of rotatable bonds is 6. The molecule has 0 aliphatic heterocycles. The maximum atomic E-state index is 5.23. The average molecular weight is 372 g/mol. The third kappa shape index (κ3) is 3.93. The zero-order valence-corrected chi connectivity index (χ0v) is 15.6. The van der Waals surface area contributed by atoms with Gasteiger partial charge in [-0.3, -0.25) is 0 Å². The predicted octanol–water partition coefficient (Wildman–Crippen LogP) is 4.47. The van der Waals surface area contributed by atoms with Crippen molar-refractivity contribution in [1.29, 1.82) is 0 Å². The summed E-state index contributed by atoms with van der Waals surface area (Å²) >= 11 is 0. The highest BCUT2D eigenvalue weighted by Crippen LogP contribution is 2.23. The Labute approximate surface area is 163 Å². The molecule has 0 bridgehead atoms. The number of ether oxygens (including phenoxy) is 1. The van der Waals surface area contributed by atoms with Crippen LogP contribution >= 0.6 is 0 Å². The Hall–Kier alpha value is -3.87. The Morgan fingerprint density at radius 1 is 0.929 bits per heavy atom. The second-order valence-electron chi connectivity index (χ2n) is 6.16. The van der Waals surface area contributed by atoms with Crippen LogP contribution in [0.5, 0.6) is 5.75 Å². The summed E-state index contributed by atoms with van der Waals surface area (Å²) in [7, 11) is 1.65. The molecule has 2 aromatic heterocycles. The number of aryl methyl sites for hydroxylation is 1. The van der Waals surface area contributed by atoms with Gasteiger partial charge in [-0.05, 0) is 49.4 Å². The van der Waals surface area contributed by atoms with Crippen molar-refractivity contribution < 1.29 is 4.74 Å². The van der Waals surface area contributed by atoms with E-state index in [0.717, 1.165) is 28.6 Å². The van der Waals surface area contributed by atoms with E-state index in [1.165, 1.54) is 0 Å². The van der Waals surface area contributed by atoms with E-state index >= 15 is 0 Å². The first kappa shape index (κ1) is 17.5. The molecule has 28 heavy (non-hydrogen) atoms. The molecule has 0 radical (unpaired) electrons. The highest BCUT2D eigenvalue weighted by atomic mass is 16.5. The quantitative estimate of drug-likeness (QED) is 0.520. The van der Waals surface area contributed by atoms with E-state index in [1.807, 2.05) is 78.3 Å². The lowest BCUT2D eigenvalue weighted by molar-refractivity contribution is 0.414. The maximum Gasteiger partial charge on any atom is 0.229 e. The van der Waals surface area contributed by atoms with Crippen LogP contribution in [0.1, 0.15) is 5.69 Å². The van der Waals surface area contributed by atoms with Gasteiger partial charge in [-0.2, -0.15) is 10.1 Å². The Balaban J connectivity index is 1.58. The van der Waals surface area contributed by atoms with E-state index in [4.69, 9.17) is 4.74 Å². The molecule has 0 saturated heterocycles. The third-order valence-electron chi connectivity index (χ3n) is 4.09. The van der Waals surface area contributed by atoms with Gasteiger partial charge < -0.3 is 15.4 Å². The Kier molecular flexibility index (Phi) is 4.88. The van der Waals surface area contributed by atoms with Crippen molar-refractivity contribution in [2.45, 2.75) is 6.92 Å². The number of para-hydroxylation sites is 1. The Morgan fingerprint density at radius 3 is 2.46 bits per heavy atom. The maximum absolute atomic E-state index is 5.23. The van der Waals surface area contributed by atoms with Crippen LogP contribution in [0.15, 0.2) is 72.9 Å². The lowest BCUT2D eigenvalue weighted by Crippen LogP contribution is -2.05. The topological polar surface area (TPSA) is 76.9 Å². The summed E-state index contributed by atoms with van der Waals surface area (Å²) in [5, 5.41) is 11.1. The molecule has 0 aliphatic carbocycles. The molecule has 0 atom stereocenters. The number of benzene rings is 2. The van der Waals surface area contributed by atoms with Gasteiger partial charge in [-0.25, -0.2) is 9.67 Å². The minimum atomic E-state index is 0.517. The van der Waals surface area contributed by atoms with E-state index in [9.17, 15) is 0 Å². The Bertz CT molecular complexity index is 1060. The fourth-order valence-corrected chi connectivity index (χ4v) is 2.78. The van der Waals surface area contributed by atoms with Gasteiger partial charge in [-0.1, -0.05) is 18.2 Å². The first-order valence-electron chi connectivity index (χ1n) is 8.84. The third-order valence-corrected chi connectivity index (χ3v) is 4.09. The van der Waals surface area contributed by atoms with Crippen molar-refractivity contribution in [3.8, 4) is 11.4 Å². The second kappa shape index (κ2) is 7.79. The monoisotopic (exact) mass is 372 g/mol. The summed E-state index contributed by atoms with van der Waals surface area (Å²) in [4.78, 5) is 8.82. The molecule has 4 aromatic rings. The van der Waals surface area contributed by atoms with Gasteiger partial charge in [0.15, 0.2) is 0 Å². The van der Waals surface area contributed by atoms with E-state index in [2.05, 4.69) is 25.7 Å². The van der Waals surface area contributed by atoms with Crippen LogP contribution in [-0.2, 0) is 0 Å². The Morgan fingerprint density at radius 2 is 1.71 bits per heavy atom. The van der Waals surface area contributed by atoms with Crippen LogP contribution in [0.25, 0.3) is 5.69 Å². The number of nitrogens with zero attached hydrogens (tertiary/aromatic N) is 4. The van der Waals surface area contributed by atoms with Crippen LogP contribution in [0, 0.1) is 6.92 Å². The van der Waals surface area contributed by atoms with Crippen LogP contribution in [-0.4, -0.2) is 26.9 Å². The van der Waals surface area contributed by atoms with Crippen LogP contribution < -0.4 is 15.4 Å². The normalized spacial score (nSPS) is 10.5. The smallest absolute Gasteiger partial charge is 0.229 e. The van der Waals surface area contributed by atoms with Crippen molar-refractivity contribution in [3.05, 3.63) is 78.6 Å². The first-order valence-corrected chi connectivity index (χ1v) is 8.84. The summed E-state index contributed by atoms with van der Waals surface area (Å²) < 4.78 is 7.06. The minimum Gasteiger partial charge on any atom is -0.497 e. The number of hydrogen-bond donors (Lipinski definition) is 2. The number of anilines is 4. The molecular formula is C21H20N6O. The van der Waals surface area contributed by atoms with Crippen LogP contribution in [0.2, 0.25) is 0 Å². The molecule has 140 valence electrons. The summed E-state index contributed by atoms with van der Waals surface area (Å²) in [6.45, 7) is 1.95. The molecule has 4 rings (SSSR count). The van der Waals surface area contributed by atoms with Gasteiger partial charge in [0.25, 0.3) is 0 Å². The highest BCUT2D eigenvalue weighted by molar-refractivity contribution is 5.59. The number of methoxy groups -OCH3 is 1. The first-order chi connectivity index (χ1) is 13.7. The van der Waals surface area contributed by atoms with Crippen LogP contribution in [0.3, 0.4) is 0 Å². The molecule has 7 nitrogen and oxygen atoms in total. The van der Waals surface area contributed by atoms with Gasteiger partial charge in [0.05, 0.1) is 18.5 Å². The zero-order chi connectivity index (χ0) is 19.3. The average Bonchev–Trinajstić information content (AvgIpc) is 3.09. The molecule has 2 aromatic carbocycles. The highest BCUT2D eigenvalue weighted by Gasteiger charge is 2.09. The van der Waals surface area contributed by atoms with Crippen molar-refractivity contribution in [2.24, 2.45) is 0 Å². The van der Waals surface area contributed by atoms with E-state index < -0.39 is 0 Å². The van der Waals surface area contributed by atoms with Gasteiger partial charge in [-0.15, -0.1) is 0 Å². The SMILES string of the molecule is COc1ccc(-n2nc(C)cc2Nc2ccnc(Nc3ccccc3)n2)cc1. The van der Waals surface area contributed by atoms with Crippen molar-refractivity contribution in [1.82, 2.24) is 19.7 Å². The lowest BCUT2D eigenvalue weighted by atomic mass is 10.3. The molecule has 0 amide bonds. The number of aromatic nitrogens is 4. The summed E-state index contributed by atoms with van der Waals surface area (Å²) in [5.74, 6) is 2.80. The van der Waals surface area contributed by atoms with E-state index in [-0.39, 0.29) is 0 Å². The molecule has 7 heteroatoms. The standard InChI is InChI=1S/C21H20N6O/c1-15-14-20(27(26-15)17-8-10-18(28-2)11-9-17)24-19-12-13-22-21(25-19)23-16-6-4-3-5-7-16/h3-14H,1-2H3,(H2,22,23,24,25). The minimum absolute atomic E-state index is 0.517. The van der Waals surface area contributed by atoms with Crippen LogP contribution in [0.4, 0.5) is 23.3 Å². The molecule has 0 fully saturated rings. The predicted molar refractivity (Wildman–Crippen MR) is 110 cm³/mol. The molecule has 0 saturated carbocycles. The van der Waals surface area contributed by atoms with Crippen molar-refractivity contribution in [2.75, 3.05) is 17.7 Å². The van der Waals surface area contributed by atoms with Gasteiger partial charge in [0, 0.05) is 18.0 Å². The summed E-state index contributed by atoms with van der Waals surface area (Å²) in [5.41, 5.74) is 2.75. The number of nitrogens with one attached hydrogen (secondary N) is 2. The molecule has 2 heterocycles. The molecular weight excluding hydrogens is 352 g/mol. The summed E-state index contributed by atoms with van der Waals surface area (Å²) in [6.07, 6.45) is 1.71. The summed E-state index contributed by atoms with van der Waals surface area (Å²) in [6, 6.07) is 21.3. The fourth-order valence-electron chi connectivity index (χ4n) is 2.78. The molecule has 2 N–H and O–H groups in total. The fraction of sp³-hybridized carbons (Fsp3) is 0.0952. The van der Waals surface area contributed by atoms with Crippen molar-refractivity contribution >= 4 is 23.3 Å². The lowest BCUT2D eigenvalue weighted by Gasteiger charge is -2.11.